The van der Waals surface area contributed by atoms with Crippen molar-refractivity contribution >= 4 is 0 Å². The molecule has 2 atom stereocenters. The molecule has 0 amide bonds. The Bertz CT molecular complexity index is 370. The van der Waals surface area contributed by atoms with E-state index in [-0.39, 0.29) is 18.0 Å². The lowest BCUT2D eigenvalue weighted by Gasteiger charge is -2.06. The fourth-order valence-electron chi connectivity index (χ4n) is 1.89. The molecule has 0 fully saturated rings. The van der Waals surface area contributed by atoms with E-state index in [1.807, 2.05) is 18.2 Å². The van der Waals surface area contributed by atoms with Gasteiger partial charge in [0.05, 0.1) is 0 Å². The summed E-state index contributed by atoms with van der Waals surface area (Å²) in [5.41, 5.74) is 1.72. The minimum atomic E-state index is -0.149. The van der Waals surface area contributed by atoms with Crippen LogP contribution < -0.4 is 0 Å². The molecule has 3 rings (SSSR count). The molecule has 0 N–H and O–H groups in total. The number of halogens is 1. The van der Waals surface area contributed by atoms with Crippen LogP contribution in [-0.2, 0) is 4.74 Å². The average Bonchev–Trinajstić information content (AvgIpc) is 2.64. The lowest BCUT2D eigenvalue weighted by atomic mass is 9.97. The van der Waals surface area contributed by atoms with Crippen LogP contribution in [0.15, 0.2) is 30.4 Å². The molecule has 2 aliphatic heterocycles. The van der Waals surface area contributed by atoms with E-state index in [2.05, 4.69) is 0 Å². The van der Waals surface area contributed by atoms with Gasteiger partial charge < -0.3 is 4.74 Å². The highest BCUT2D eigenvalue weighted by Gasteiger charge is 2.35. The zero-order chi connectivity index (χ0) is 8.13. The van der Waals surface area contributed by atoms with Crippen molar-refractivity contribution in [3.8, 4) is 0 Å². The van der Waals surface area contributed by atoms with Crippen LogP contribution >= 0.6 is 0 Å². The first-order valence-electron chi connectivity index (χ1n) is 3.98. The molecule has 12 heavy (non-hydrogen) atoms. The summed E-state index contributed by atoms with van der Waals surface area (Å²) in [5, 5.41) is 0. The normalized spacial score (nSPS) is 29.4. The van der Waals surface area contributed by atoms with E-state index >= 15 is 0 Å². The van der Waals surface area contributed by atoms with Crippen LogP contribution in [0.1, 0.15) is 23.3 Å². The predicted molar refractivity (Wildman–Crippen MR) is 42.1 cm³/mol. The lowest BCUT2D eigenvalue weighted by molar-refractivity contribution is 0.0867. The van der Waals surface area contributed by atoms with Crippen molar-refractivity contribution in [3.05, 3.63) is 47.3 Å². The minimum absolute atomic E-state index is 0.000648. The van der Waals surface area contributed by atoms with E-state index in [0.29, 0.717) is 0 Å². The van der Waals surface area contributed by atoms with E-state index in [9.17, 15) is 4.39 Å². The van der Waals surface area contributed by atoms with Gasteiger partial charge in [-0.05, 0) is 11.6 Å². The van der Waals surface area contributed by atoms with Gasteiger partial charge in [-0.3, -0.25) is 0 Å². The predicted octanol–water partition coefficient (Wildman–Crippen LogP) is 2.51. The first-order chi connectivity index (χ1) is 5.86. The second kappa shape index (κ2) is 1.96. The molecular formula is C10H7FO. The van der Waals surface area contributed by atoms with E-state index in [0.717, 1.165) is 11.1 Å². The van der Waals surface area contributed by atoms with Crippen LogP contribution in [-0.4, -0.2) is 0 Å². The number of rotatable bonds is 0. The van der Waals surface area contributed by atoms with Gasteiger partial charge in [-0.25, -0.2) is 4.39 Å². The van der Waals surface area contributed by atoms with E-state index in [1.165, 1.54) is 6.07 Å². The maximum Gasteiger partial charge on any atom is 0.129 e. The fraction of sp³-hybridized carbons (Fsp3) is 0.200. The number of fused-ring (bicyclic) bond motifs is 5. The van der Waals surface area contributed by atoms with E-state index < -0.39 is 0 Å². The number of hydrogen-bond donors (Lipinski definition) is 0. The van der Waals surface area contributed by atoms with Crippen molar-refractivity contribution in [3.63, 3.8) is 0 Å². The van der Waals surface area contributed by atoms with Crippen molar-refractivity contribution in [1.82, 2.24) is 0 Å². The maximum absolute atomic E-state index is 13.2. The van der Waals surface area contributed by atoms with Crippen molar-refractivity contribution in [1.29, 1.82) is 0 Å². The molecule has 0 aliphatic carbocycles. The first-order valence-corrected chi connectivity index (χ1v) is 3.98. The van der Waals surface area contributed by atoms with Crippen LogP contribution in [0.2, 0.25) is 0 Å². The summed E-state index contributed by atoms with van der Waals surface area (Å²) in [6.07, 6.45) is 3.76. The summed E-state index contributed by atoms with van der Waals surface area (Å²) in [6.45, 7) is 0. The molecule has 0 radical (unpaired) electrons. The number of benzene rings is 1. The highest BCUT2D eigenvalue weighted by Crippen LogP contribution is 2.46. The summed E-state index contributed by atoms with van der Waals surface area (Å²) < 4.78 is 18.7. The third kappa shape index (κ3) is 0.612. The van der Waals surface area contributed by atoms with Crippen LogP contribution in [0.4, 0.5) is 4.39 Å². The fourth-order valence-corrected chi connectivity index (χ4v) is 1.89. The smallest absolute Gasteiger partial charge is 0.129 e. The van der Waals surface area contributed by atoms with Crippen molar-refractivity contribution in [2.24, 2.45) is 0 Å². The highest BCUT2D eigenvalue weighted by atomic mass is 19.1. The maximum atomic E-state index is 13.2. The van der Waals surface area contributed by atoms with Crippen molar-refractivity contribution in [2.75, 3.05) is 0 Å². The van der Waals surface area contributed by atoms with Gasteiger partial charge in [-0.2, -0.15) is 0 Å². The summed E-state index contributed by atoms with van der Waals surface area (Å²) in [4.78, 5) is 0. The van der Waals surface area contributed by atoms with Crippen molar-refractivity contribution in [2.45, 2.75) is 12.2 Å². The third-order valence-corrected chi connectivity index (χ3v) is 2.43. The molecule has 0 saturated heterocycles. The Morgan fingerprint density at radius 1 is 1.17 bits per heavy atom. The topological polar surface area (TPSA) is 9.23 Å². The second-order valence-corrected chi connectivity index (χ2v) is 3.10. The van der Waals surface area contributed by atoms with Crippen LogP contribution in [0.5, 0.6) is 0 Å². The number of hydrogen-bond acceptors (Lipinski definition) is 1. The van der Waals surface area contributed by atoms with E-state index in [1.54, 1.807) is 6.07 Å². The van der Waals surface area contributed by atoms with Gasteiger partial charge in [-0.1, -0.05) is 24.3 Å². The minimum Gasteiger partial charge on any atom is -0.357 e. The van der Waals surface area contributed by atoms with Gasteiger partial charge >= 0.3 is 0 Å². The molecule has 0 aromatic heterocycles. The second-order valence-electron chi connectivity index (χ2n) is 3.10. The quantitative estimate of drug-likeness (QED) is 0.532. The molecule has 2 heterocycles. The Balaban J connectivity index is 2.30. The third-order valence-electron chi connectivity index (χ3n) is 2.43. The lowest BCUT2D eigenvalue weighted by Crippen LogP contribution is -1.95. The van der Waals surface area contributed by atoms with Gasteiger partial charge in [0, 0.05) is 5.56 Å². The summed E-state index contributed by atoms with van der Waals surface area (Å²) in [5.74, 6) is -0.149. The highest BCUT2D eigenvalue weighted by molar-refractivity contribution is 5.43. The zero-order valence-electron chi connectivity index (χ0n) is 6.33. The molecule has 1 aromatic carbocycles. The Labute approximate surface area is 69.5 Å². The Kier molecular flexibility index (Phi) is 1.04. The Morgan fingerprint density at radius 3 is 2.83 bits per heavy atom. The van der Waals surface area contributed by atoms with Gasteiger partial charge in [0.1, 0.15) is 18.0 Å². The molecule has 2 heteroatoms. The summed E-state index contributed by atoms with van der Waals surface area (Å²) in [6, 6.07) is 5.13. The summed E-state index contributed by atoms with van der Waals surface area (Å²) in [7, 11) is 0. The number of ether oxygens (including phenoxy) is 1. The summed E-state index contributed by atoms with van der Waals surface area (Å²) >= 11 is 0. The van der Waals surface area contributed by atoms with Gasteiger partial charge in [0.2, 0.25) is 0 Å². The largest absolute Gasteiger partial charge is 0.357 e. The molecule has 0 saturated carbocycles. The van der Waals surface area contributed by atoms with E-state index in [4.69, 9.17) is 4.74 Å². The van der Waals surface area contributed by atoms with Crippen LogP contribution in [0.25, 0.3) is 0 Å². The Hall–Kier alpha value is -1.15. The molecule has 2 bridgehead atoms. The molecule has 0 unspecified atom stereocenters. The average molecular weight is 162 g/mol. The molecule has 1 aromatic rings. The molecular weight excluding hydrogens is 155 g/mol. The van der Waals surface area contributed by atoms with Crippen LogP contribution in [0.3, 0.4) is 0 Å². The van der Waals surface area contributed by atoms with Gasteiger partial charge in [-0.15, -0.1) is 0 Å². The van der Waals surface area contributed by atoms with Gasteiger partial charge in [0.15, 0.2) is 0 Å². The molecule has 0 spiro atoms. The molecule has 1 nitrogen and oxygen atoms in total. The molecule has 60 valence electrons. The van der Waals surface area contributed by atoms with Gasteiger partial charge in [0.25, 0.3) is 0 Å². The first kappa shape index (κ1) is 6.38. The molecule has 2 aliphatic rings. The zero-order valence-corrected chi connectivity index (χ0v) is 6.33. The van der Waals surface area contributed by atoms with Crippen LogP contribution in [0, 0.1) is 5.82 Å². The van der Waals surface area contributed by atoms with Crippen molar-refractivity contribution < 1.29 is 9.13 Å². The monoisotopic (exact) mass is 162 g/mol. The standard InChI is InChI=1S/C10H7FO/c11-7-3-1-2-6-8-4-5-9(12-8)10(6)7/h1-5,8-9H/t8-,9+/m0/s1. The SMILES string of the molecule is Fc1cccc2c1[C@H]1C=C[C@@H]2O1. The Morgan fingerprint density at radius 2 is 2.00 bits per heavy atom.